The number of carbonyl (C=O) groups is 1. The van der Waals surface area contributed by atoms with Gasteiger partial charge >= 0.3 is 6.09 Å². The summed E-state index contributed by atoms with van der Waals surface area (Å²) >= 11 is 0. The van der Waals surface area contributed by atoms with Crippen LogP contribution in [0.2, 0.25) is 0 Å². The molecule has 1 saturated heterocycles. The predicted molar refractivity (Wildman–Crippen MR) is 84.2 cm³/mol. The summed E-state index contributed by atoms with van der Waals surface area (Å²) in [5, 5.41) is 2.97. The van der Waals surface area contributed by atoms with Gasteiger partial charge in [-0.1, -0.05) is 30.3 Å². The van der Waals surface area contributed by atoms with E-state index in [-0.39, 0.29) is 12.1 Å². The van der Waals surface area contributed by atoms with Gasteiger partial charge < -0.3 is 10.1 Å². The van der Waals surface area contributed by atoms with Gasteiger partial charge in [0.1, 0.15) is 5.60 Å². The first-order chi connectivity index (χ1) is 9.85. The van der Waals surface area contributed by atoms with Crippen molar-refractivity contribution in [2.45, 2.75) is 51.8 Å². The number of amides is 1. The predicted octanol–water partition coefficient (Wildman–Crippen LogP) is 3.35. The summed E-state index contributed by atoms with van der Waals surface area (Å²) < 4.78 is 5.31. The van der Waals surface area contributed by atoms with Crippen LogP contribution in [0.15, 0.2) is 30.3 Å². The Labute approximate surface area is 127 Å². The van der Waals surface area contributed by atoms with E-state index in [4.69, 9.17) is 4.74 Å². The summed E-state index contributed by atoms with van der Waals surface area (Å²) in [6.45, 7) is 9.72. The van der Waals surface area contributed by atoms with E-state index in [1.54, 1.807) is 0 Å². The Morgan fingerprint density at radius 1 is 1.33 bits per heavy atom. The van der Waals surface area contributed by atoms with Gasteiger partial charge in [0, 0.05) is 25.2 Å². The second kappa shape index (κ2) is 6.48. The number of carbonyl (C=O) groups excluding carboxylic acids is 1. The molecule has 1 aromatic rings. The number of rotatable bonds is 3. The molecule has 0 spiro atoms. The van der Waals surface area contributed by atoms with Gasteiger partial charge in [0.05, 0.1) is 0 Å². The van der Waals surface area contributed by atoms with Crippen molar-refractivity contribution in [1.82, 2.24) is 10.2 Å². The minimum atomic E-state index is -0.445. The Morgan fingerprint density at radius 3 is 2.62 bits per heavy atom. The van der Waals surface area contributed by atoms with E-state index >= 15 is 0 Å². The van der Waals surface area contributed by atoms with Crippen molar-refractivity contribution >= 4 is 6.09 Å². The standard InChI is InChI=1S/C17H26N2O2/c1-13(14-8-6-5-7-9-14)19-11-10-15(12-19)18-16(20)21-17(2,3)4/h5-9,13,15H,10-12H2,1-4H3,(H,18,20)/t13?,15-/m1/s1. The smallest absolute Gasteiger partial charge is 0.407 e. The molecule has 4 heteroatoms. The fraction of sp³-hybridized carbons (Fsp3) is 0.588. The van der Waals surface area contributed by atoms with Crippen LogP contribution in [-0.2, 0) is 4.74 Å². The molecule has 116 valence electrons. The summed E-state index contributed by atoms with van der Waals surface area (Å²) in [7, 11) is 0. The number of alkyl carbamates (subject to hydrolysis) is 1. The quantitative estimate of drug-likeness (QED) is 0.928. The molecule has 1 unspecified atom stereocenters. The highest BCUT2D eigenvalue weighted by molar-refractivity contribution is 5.68. The van der Waals surface area contributed by atoms with Crippen LogP contribution in [0.3, 0.4) is 0 Å². The van der Waals surface area contributed by atoms with Gasteiger partial charge in [-0.25, -0.2) is 4.79 Å². The van der Waals surface area contributed by atoms with Crippen LogP contribution >= 0.6 is 0 Å². The third-order valence-electron chi connectivity index (χ3n) is 3.77. The zero-order chi connectivity index (χ0) is 15.5. The second-order valence-corrected chi connectivity index (χ2v) is 6.71. The van der Waals surface area contributed by atoms with Gasteiger partial charge in [0.15, 0.2) is 0 Å². The van der Waals surface area contributed by atoms with E-state index in [0.717, 1.165) is 19.5 Å². The summed E-state index contributed by atoms with van der Waals surface area (Å²) in [5.41, 5.74) is 0.870. The zero-order valence-corrected chi connectivity index (χ0v) is 13.4. The lowest BCUT2D eigenvalue weighted by Gasteiger charge is -2.25. The fourth-order valence-corrected chi connectivity index (χ4v) is 2.67. The van der Waals surface area contributed by atoms with Crippen molar-refractivity contribution in [2.24, 2.45) is 0 Å². The Hall–Kier alpha value is -1.55. The van der Waals surface area contributed by atoms with E-state index < -0.39 is 5.60 Å². The lowest BCUT2D eigenvalue weighted by atomic mass is 10.1. The summed E-state index contributed by atoms with van der Waals surface area (Å²) in [6, 6.07) is 11.0. The third kappa shape index (κ3) is 4.74. The molecule has 0 radical (unpaired) electrons. The highest BCUT2D eigenvalue weighted by Crippen LogP contribution is 2.24. The van der Waals surface area contributed by atoms with Crippen LogP contribution in [0, 0.1) is 0 Å². The fourth-order valence-electron chi connectivity index (χ4n) is 2.67. The van der Waals surface area contributed by atoms with E-state index in [0.29, 0.717) is 6.04 Å². The average molecular weight is 290 g/mol. The minimum absolute atomic E-state index is 0.172. The largest absolute Gasteiger partial charge is 0.444 e. The minimum Gasteiger partial charge on any atom is -0.444 e. The Bertz CT molecular complexity index is 467. The molecule has 1 fully saturated rings. The first-order valence-corrected chi connectivity index (χ1v) is 7.63. The number of likely N-dealkylation sites (tertiary alicyclic amines) is 1. The van der Waals surface area contributed by atoms with Crippen LogP contribution in [-0.4, -0.2) is 35.7 Å². The average Bonchev–Trinajstić information content (AvgIpc) is 2.85. The maximum atomic E-state index is 11.8. The van der Waals surface area contributed by atoms with Crippen molar-refractivity contribution in [3.05, 3.63) is 35.9 Å². The van der Waals surface area contributed by atoms with Gasteiger partial charge in [-0.05, 0) is 39.7 Å². The topological polar surface area (TPSA) is 41.6 Å². The first kappa shape index (κ1) is 15.8. The molecule has 2 atom stereocenters. The summed E-state index contributed by atoms with van der Waals surface area (Å²) in [5.74, 6) is 0. The van der Waals surface area contributed by atoms with Crippen molar-refractivity contribution in [3.8, 4) is 0 Å². The molecule has 1 aliphatic rings. The van der Waals surface area contributed by atoms with Crippen LogP contribution in [0.5, 0.6) is 0 Å². The van der Waals surface area contributed by atoms with E-state index in [2.05, 4.69) is 41.4 Å². The zero-order valence-electron chi connectivity index (χ0n) is 13.4. The molecular formula is C17H26N2O2. The maximum Gasteiger partial charge on any atom is 0.407 e. The molecule has 1 aromatic carbocycles. The molecule has 1 amide bonds. The molecule has 0 saturated carbocycles. The van der Waals surface area contributed by atoms with Gasteiger partial charge in [-0.3, -0.25) is 4.90 Å². The normalized spacial score (nSPS) is 21.0. The van der Waals surface area contributed by atoms with Crippen molar-refractivity contribution in [3.63, 3.8) is 0 Å². The SMILES string of the molecule is CC(c1ccccc1)N1CC[C@@H](NC(=O)OC(C)(C)C)C1. The van der Waals surface area contributed by atoms with E-state index in [1.807, 2.05) is 26.8 Å². The van der Waals surface area contributed by atoms with Gasteiger partial charge in [0.25, 0.3) is 0 Å². The Balaban J connectivity index is 1.85. The van der Waals surface area contributed by atoms with Crippen molar-refractivity contribution < 1.29 is 9.53 Å². The van der Waals surface area contributed by atoms with Crippen LogP contribution in [0.4, 0.5) is 4.79 Å². The maximum absolute atomic E-state index is 11.8. The van der Waals surface area contributed by atoms with Crippen molar-refractivity contribution in [2.75, 3.05) is 13.1 Å². The highest BCUT2D eigenvalue weighted by Gasteiger charge is 2.29. The molecule has 1 heterocycles. The molecule has 0 aliphatic carbocycles. The summed E-state index contributed by atoms with van der Waals surface area (Å²) in [4.78, 5) is 14.2. The number of hydrogen-bond donors (Lipinski definition) is 1. The number of nitrogens with zero attached hydrogens (tertiary/aromatic N) is 1. The third-order valence-corrected chi connectivity index (χ3v) is 3.77. The molecule has 0 bridgehead atoms. The molecule has 0 aromatic heterocycles. The lowest BCUT2D eigenvalue weighted by molar-refractivity contribution is 0.0504. The van der Waals surface area contributed by atoms with Crippen molar-refractivity contribution in [1.29, 1.82) is 0 Å². The number of nitrogens with one attached hydrogen (secondary N) is 1. The van der Waals surface area contributed by atoms with Crippen LogP contribution < -0.4 is 5.32 Å². The Morgan fingerprint density at radius 2 is 2.00 bits per heavy atom. The van der Waals surface area contributed by atoms with Crippen LogP contribution in [0.1, 0.15) is 45.7 Å². The molecule has 1 N–H and O–H groups in total. The number of ether oxygens (including phenoxy) is 1. The number of hydrogen-bond acceptors (Lipinski definition) is 3. The number of benzene rings is 1. The van der Waals surface area contributed by atoms with Crippen LogP contribution in [0.25, 0.3) is 0 Å². The van der Waals surface area contributed by atoms with Gasteiger partial charge in [0.2, 0.25) is 0 Å². The summed E-state index contributed by atoms with van der Waals surface area (Å²) in [6.07, 6.45) is 0.651. The molecule has 2 rings (SSSR count). The monoisotopic (exact) mass is 290 g/mol. The second-order valence-electron chi connectivity index (χ2n) is 6.71. The van der Waals surface area contributed by atoms with E-state index in [1.165, 1.54) is 5.56 Å². The first-order valence-electron chi connectivity index (χ1n) is 7.63. The molecule has 4 nitrogen and oxygen atoms in total. The highest BCUT2D eigenvalue weighted by atomic mass is 16.6. The molecular weight excluding hydrogens is 264 g/mol. The lowest BCUT2D eigenvalue weighted by Crippen LogP contribution is -2.40. The molecule has 21 heavy (non-hydrogen) atoms. The van der Waals surface area contributed by atoms with Gasteiger partial charge in [-0.2, -0.15) is 0 Å². The molecule has 1 aliphatic heterocycles. The van der Waals surface area contributed by atoms with Gasteiger partial charge in [-0.15, -0.1) is 0 Å². The van der Waals surface area contributed by atoms with E-state index in [9.17, 15) is 4.79 Å². The Kier molecular flexibility index (Phi) is 4.88.